The molecule has 0 spiro atoms. The molecule has 7 nitrogen and oxygen atoms in total. The van der Waals surface area contributed by atoms with Gasteiger partial charge in [-0.25, -0.2) is 14.4 Å². The summed E-state index contributed by atoms with van der Waals surface area (Å²) in [4.78, 5) is 25.4. The second-order valence-electron chi connectivity index (χ2n) is 7.68. The zero-order valence-corrected chi connectivity index (χ0v) is 19.4. The van der Waals surface area contributed by atoms with Gasteiger partial charge in [-0.1, -0.05) is 30.0 Å². The van der Waals surface area contributed by atoms with E-state index in [0.717, 1.165) is 29.5 Å². The number of anilines is 3. The largest absolute Gasteiger partial charge is 0.495 e. The predicted molar refractivity (Wildman–Crippen MR) is 130 cm³/mol. The van der Waals surface area contributed by atoms with Gasteiger partial charge in [0.05, 0.1) is 24.2 Å². The summed E-state index contributed by atoms with van der Waals surface area (Å²) in [5.41, 5.74) is 2.32. The number of hydrogen-bond acceptors (Lipinski definition) is 7. The molecule has 4 rings (SSSR count). The van der Waals surface area contributed by atoms with Gasteiger partial charge in [0.1, 0.15) is 28.7 Å². The van der Waals surface area contributed by atoms with E-state index in [1.807, 2.05) is 48.2 Å². The molecule has 1 N–H and O–H groups in total. The van der Waals surface area contributed by atoms with E-state index < -0.39 is 0 Å². The first-order chi connectivity index (χ1) is 16.0. The third-order valence-electron chi connectivity index (χ3n) is 5.40. The Bertz CT molecular complexity index is 1120. The van der Waals surface area contributed by atoms with Crippen LogP contribution in [0.5, 0.6) is 5.75 Å². The Morgan fingerprint density at radius 2 is 1.85 bits per heavy atom. The Hall–Kier alpha value is -3.33. The van der Waals surface area contributed by atoms with Gasteiger partial charge in [0.2, 0.25) is 5.91 Å². The van der Waals surface area contributed by atoms with E-state index in [4.69, 9.17) is 4.74 Å². The van der Waals surface area contributed by atoms with Gasteiger partial charge in [-0.2, -0.15) is 0 Å². The van der Waals surface area contributed by atoms with E-state index in [1.165, 1.54) is 24.2 Å². The molecule has 1 amide bonds. The zero-order chi connectivity index (χ0) is 23.2. The van der Waals surface area contributed by atoms with Gasteiger partial charge in [-0.3, -0.25) is 4.79 Å². The molecular weight excluding hydrogens is 441 g/mol. The number of halogens is 1. The summed E-state index contributed by atoms with van der Waals surface area (Å²) in [5, 5.41) is 3.63. The molecule has 3 aromatic rings. The minimum atomic E-state index is -0.201. The number of hydrogen-bond donors (Lipinski definition) is 1. The van der Waals surface area contributed by atoms with Crippen molar-refractivity contribution in [1.29, 1.82) is 0 Å². The average molecular weight is 468 g/mol. The number of nitrogens with one attached hydrogen (secondary N) is 1. The maximum Gasteiger partial charge on any atom is 0.234 e. The minimum absolute atomic E-state index is 0.137. The van der Waals surface area contributed by atoms with Crippen LogP contribution >= 0.6 is 11.8 Å². The molecule has 0 saturated carbocycles. The number of rotatable bonds is 7. The van der Waals surface area contributed by atoms with Crippen LogP contribution in [0.4, 0.5) is 21.6 Å². The topological polar surface area (TPSA) is 70.6 Å². The first kappa shape index (κ1) is 22.8. The quantitative estimate of drug-likeness (QED) is 0.416. The monoisotopic (exact) mass is 467 g/mol. The molecule has 1 aromatic heterocycles. The summed E-state index contributed by atoms with van der Waals surface area (Å²) >= 11 is 1.35. The molecule has 172 valence electrons. The van der Waals surface area contributed by atoms with E-state index in [2.05, 4.69) is 20.2 Å². The molecule has 33 heavy (non-hydrogen) atoms. The zero-order valence-electron chi connectivity index (χ0n) is 18.6. The van der Waals surface area contributed by atoms with Crippen molar-refractivity contribution in [3.8, 4) is 5.75 Å². The first-order valence-corrected chi connectivity index (χ1v) is 11.7. The number of aromatic nitrogens is 2. The number of ether oxygens (including phenoxy) is 1. The molecule has 0 unspecified atom stereocenters. The van der Waals surface area contributed by atoms with Gasteiger partial charge in [-0.05, 0) is 36.8 Å². The van der Waals surface area contributed by atoms with Crippen LogP contribution in [0, 0.1) is 12.7 Å². The number of nitrogens with zero attached hydrogens (tertiary/aromatic N) is 4. The van der Waals surface area contributed by atoms with Crippen LogP contribution in [0.1, 0.15) is 5.56 Å². The molecule has 0 radical (unpaired) electrons. The Morgan fingerprint density at radius 3 is 2.61 bits per heavy atom. The number of carbonyl (C=O) groups is 1. The Balaban J connectivity index is 1.33. The predicted octanol–water partition coefficient (Wildman–Crippen LogP) is 3.99. The van der Waals surface area contributed by atoms with Crippen LogP contribution in [-0.4, -0.2) is 54.9 Å². The second-order valence-corrected chi connectivity index (χ2v) is 8.68. The van der Waals surface area contributed by atoms with Gasteiger partial charge in [0, 0.05) is 32.2 Å². The number of amides is 1. The fourth-order valence-electron chi connectivity index (χ4n) is 3.71. The Morgan fingerprint density at radius 1 is 1.09 bits per heavy atom. The SMILES string of the molecule is COc1ccc(C)cc1NC(=O)CSc1cc(N2CCN(c3ccccc3F)CC2)ncn1. The number of methoxy groups -OCH3 is 1. The third-order valence-corrected chi connectivity index (χ3v) is 6.33. The lowest BCUT2D eigenvalue weighted by Gasteiger charge is -2.36. The van der Waals surface area contributed by atoms with Crippen LogP contribution in [0.2, 0.25) is 0 Å². The average Bonchev–Trinajstić information content (AvgIpc) is 2.84. The smallest absolute Gasteiger partial charge is 0.234 e. The highest BCUT2D eigenvalue weighted by Crippen LogP contribution is 2.27. The maximum absolute atomic E-state index is 14.1. The number of para-hydroxylation sites is 1. The summed E-state index contributed by atoms with van der Waals surface area (Å²) in [7, 11) is 1.58. The number of benzene rings is 2. The van der Waals surface area contributed by atoms with Crippen molar-refractivity contribution in [3.05, 3.63) is 66.2 Å². The van der Waals surface area contributed by atoms with Gasteiger partial charge in [-0.15, -0.1) is 0 Å². The fourth-order valence-corrected chi connectivity index (χ4v) is 4.37. The molecule has 2 aromatic carbocycles. The Kier molecular flexibility index (Phi) is 7.29. The maximum atomic E-state index is 14.1. The van der Waals surface area contributed by atoms with Crippen molar-refractivity contribution in [2.75, 3.05) is 54.2 Å². The van der Waals surface area contributed by atoms with Gasteiger partial charge < -0.3 is 19.9 Å². The highest BCUT2D eigenvalue weighted by Gasteiger charge is 2.20. The molecule has 1 aliphatic heterocycles. The standard InChI is InChI=1S/C24H26FN5O2S/c1-17-7-8-21(32-2)19(13-17)28-23(31)15-33-24-14-22(26-16-27-24)30-11-9-29(10-12-30)20-6-4-3-5-18(20)25/h3-8,13-14,16H,9-12,15H2,1-2H3,(H,28,31). The number of aryl methyl sites for hydroxylation is 1. The van der Waals surface area contributed by atoms with Crippen molar-refractivity contribution in [1.82, 2.24) is 9.97 Å². The molecule has 1 aliphatic rings. The summed E-state index contributed by atoms with van der Waals surface area (Å²) in [6.45, 7) is 4.82. The molecule has 1 saturated heterocycles. The summed E-state index contributed by atoms with van der Waals surface area (Å²) in [5.74, 6) is 1.31. The van der Waals surface area contributed by atoms with Crippen molar-refractivity contribution >= 4 is 34.9 Å². The summed E-state index contributed by atoms with van der Waals surface area (Å²) < 4.78 is 19.4. The fraction of sp³-hybridized carbons (Fsp3) is 0.292. The van der Waals surface area contributed by atoms with E-state index in [-0.39, 0.29) is 17.5 Å². The van der Waals surface area contributed by atoms with E-state index in [9.17, 15) is 9.18 Å². The Labute approximate surface area is 197 Å². The van der Waals surface area contributed by atoms with Crippen molar-refractivity contribution < 1.29 is 13.9 Å². The highest BCUT2D eigenvalue weighted by molar-refractivity contribution is 7.99. The number of thioether (sulfide) groups is 1. The van der Waals surface area contributed by atoms with Crippen LogP contribution < -0.4 is 19.9 Å². The molecule has 0 bridgehead atoms. The summed E-state index contributed by atoms with van der Waals surface area (Å²) in [6.07, 6.45) is 1.52. The number of piperazine rings is 1. The van der Waals surface area contributed by atoms with Crippen molar-refractivity contribution in [2.24, 2.45) is 0 Å². The molecule has 2 heterocycles. The lowest BCUT2D eigenvalue weighted by Crippen LogP contribution is -2.47. The second kappa shape index (κ2) is 10.5. The normalized spacial score (nSPS) is 13.7. The van der Waals surface area contributed by atoms with Crippen molar-refractivity contribution in [3.63, 3.8) is 0 Å². The van der Waals surface area contributed by atoms with Crippen LogP contribution in [0.25, 0.3) is 0 Å². The van der Waals surface area contributed by atoms with Gasteiger partial charge in [0.15, 0.2) is 0 Å². The van der Waals surface area contributed by atoms with Crippen molar-refractivity contribution in [2.45, 2.75) is 11.9 Å². The molecular formula is C24H26FN5O2S. The summed E-state index contributed by atoms with van der Waals surface area (Å²) in [6, 6.07) is 14.4. The number of carbonyl (C=O) groups excluding carboxylic acids is 1. The highest BCUT2D eigenvalue weighted by atomic mass is 32.2. The minimum Gasteiger partial charge on any atom is -0.495 e. The molecule has 9 heteroatoms. The van der Waals surface area contributed by atoms with Crippen LogP contribution in [-0.2, 0) is 4.79 Å². The van der Waals surface area contributed by atoms with E-state index in [0.29, 0.717) is 30.2 Å². The van der Waals surface area contributed by atoms with E-state index in [1.54, 1.807) is 13.2 Å². The molecule has 1 fully saturated rings. The third kappa shape index (κ3) is 5.73. The van der Waals surface area contributed by atoms with Crippen LogP contribution in [0.3, 0.4) is 0 Å². The van der Waals surface area contributed by atoms with Gasteiger partial charge >= 0.3 is 0 Å². The van der Waals surface area contributed by atoms with E-state index >= 15 is 0 Å². The molecule has 0 atom stereocenters. The van der Waals surface area contributed by atoms with Crippen LogP contribution in [0.15, 0.2) is 59.9 Å². The molecule has 0 aliphatic carbocycles. The lowest BCUT2D eigenvalue weighted by molar-refractivity contribution is -0.113. The lowest BCUT2D eigenvalue weighted by atomic mass is 10.2. The van der Waals surface area contributed by atoms with Gasteiger partial charge in [0.25, 0.3) is 0 Å². The first-order valence-electron chi connectivity index (χ1n) is 10.7.